The lowest BCUT2D eigenvalue weighted by molar-refractivity contribution is -0.121. The number of thiocarbonyl (C=S) groups is 1. The Hall–Kier alpha value is -4.24. The highest BCUT2D eigenvalue weighted by Crippen LogP contribution is 2.13. The number of aryl methyl sites for hydroxylation is 2. The molecular formula is C26H26N4O4S. The quantitative estimate of drug-likeness (QED) is 0.298. The summed E-state index contributed by atoms with van der Waals surface area (Å²) < 4.78 is 5.42. The summed E-state index contributed by atoms with van der Waals surface area (Å²) >= 11 is 5.03. The molecule has 3 aromatic rings. The first kappa shape index (κ1) is 25.4. The maximum absolute atomic E-state index is 12.3. The average Bonchev–Trinajstić information content (AvgIpc) is 2.86. The van der Waals surface area contributed by atoms with E-state index in [4.69, 9.17) is 17.0 Å². The summed E-state index contributed by atoms with van der Waals surface area (Å²) in [6, 6.07) is 21.0. The molecule has 0 aromatic heterocycles. The SMILES string of the molecule is CCc1ccc(OCC(=O)NC(=S)NNC(=O)c2ccc(NC(=O)c3cccc(C)c3)cc2)cc1. The number of nitrogens with one attached hydrogen (secondary N) is 4. The molecule has 9 heteroatoms. The van der Waals surface area contributed by atoms with Crippen molar-refractivity contribution in [2.75, 3.05) is 11.9 Å². The van der Waals surface area contributed by atoms with Crippen molar-refractivity contribution < 1.29 is 19.1 Å². The zero-order valence-electron chi connectivity index (χ0n) is 19.4. The second-order valence-corrected chi connectivity index (χ2v) is 8.05. The Balaban J connectivity index is 1.41. The number of anilines is 1. The summed E-state index contributed by atoms with van der Waals surface area (Å²) in [6.45, 7) is 3.74. The molecule has 0 saturated carbocycles. The number of benzene rings is 3. The van der Waals surface area contributed by atoms with Crippen LogP contribution in [0.5, 0.6) is 5.75 Å². The van der Waals surface area contributed by atoms with Crippen LogP contribution in [0, 0.1) is 6.92 Å². The summed E-state index contributed by atoms with van der Waals surface area (Å²) in [5, 5.41) is 5.14. The third-order valence-corrected chi connectivity index (χ3v) is 5.13. The van der Waals surface area contributed by atoms with Gasteiger partial charge in [-0.1, -0.05) is 36.8 Å². The monoisotopic (exact) mass is 490 g/mol. The van der Waals surface area contributed by atoms with Crippen molar-refractivity contribution in [3.8, 4) is 5.75 Å². The largest absolute Gasteiger partial charge is 0.484 e. The van der Waals surface area contributed by atoms with E-state index in [-0.39, 0.29) is 17.6 Å². The van der Waals surface area contributed by atoms with Gasteiger partial charge in [-0.15, -0.1) is 0 Å². The minimum Gasteiger partial charge on any atom is -0.484 e. The third kappa shape index (κ3) is 7.94. The molecule has 0 bridgehead atoms. The lowest BCUT2D eigenvalue weighted by Gasteiger charge is -2.12. The van der Waals surface area contributed by atoms with Gasteiger partial charge < -0.3 is 10.1 Å². The van der Waals surface area contributed by atoms with Gasteiger partial charge in [0, 0.05) is 16.8 Å². The van der Waals surface area contributed by atoms with Gasteiger partial charge in [-0.25, -0.2) is 0 Å². The second kappa shape index (κ2) is 12.3. The van der Waals surface area contributed by atoms with Crippen molar-refractivity contribution >= 4 is 40.7 Å². The summed E-state index contributed by atoms with van der Waals surface area (Å²) in [5.74, 6) is -0.603. The van der Waals surface area contributed by atoms with Crippen LogP contribution in [-0.2, 0) is 11.2 Å². The van der Waals surface area contributed by atoms with Gasteiger partial charge in [0.05, 0.1) is 0 Å². The fourth-order valence-electron chi connectivity index (χ4n) is 3.04. The van der Waals surface area contributed by atoms with E-state index in [0.29, 0.717) is 22.6 Å². The molecule has 180 valence electrons. The Morgan fingerprint density at radius 2 is 1.57 bits per heavy atom. The molecule has 0 radical (unpaired) electrons. The molecule has 3 rings (SSSR count). The van der Waals surface area contributed by atoms with Gasteiger partial charge >= 0.3 is 0 Å². The predicted octanol–water partition coefficient (Wildman–Crippen LogP) is 3.52. The van der Waals surface area contributed by atoms with E-state index >= 15 is 0 Å². The molecule has 0 spiro atoms. The van der Waals surface area contributed by atoms with Crippen molar-refractivity contribution in [2.45, 2.75) is 20.3 Å². The molecule has 35 heavy (non-hydrogen) atoms. The molecule has 0 fully saturated rings. The molecule has 3 aromatic carbocycles. The fraction of sp³-hybridized carbons (Fsp3) is 0.154. The highest BCUT2D eigenvalue weighted by Gasteiger charge is 2.10. The van der Waals surface area contributed by atoms with Crippen LogP contribution in [0.1, 0.15) is 38.8 Å². The lowest BCUT2D eigenvalue weighted by atomic mass is 10.1. The third-order valence-electron chi connectivity index (χ3n) is 4.93. The Morgan fingerprint density at radius 3 is 2.23 bits per heavy atom. The summed E-state index contributed by atoms with van der Waals surface area (Å²) in [7, 11) is 0. The van der Waals surface area contributed by atoms with Gasteiger partial charge in [-0.2, -0.15) is 0 Å². The Labute approximate surface area is 209 Å². The first-order chi connectivity index (χ1) is 16.8. The number of hydrazine groups is 1. The van der Waals surface area contributed by atoms with Crippen LogP contribution in [0.4, 0.5) is 5.69 Å². The molecule has 4 N–H and O–H groups in total. The molecule has 0 aliphatic heterocycles. The lowest BCUT2D eigenvalue weighted by Crippen LogP contribution is -2.49. The molecule has 0 atom stereocenters. The van der Waals surface area contributed by atoms with E-state index in [0.717, 1.165) is 12.0 Å². The molecular weight excluding hydrogens is 464 g/mol. The molecule has 0 aliphatic carbocycles. The van der Waals surface area contributed by atoms with Gasteiger partial charge in [0.15, 0.2) is 11.7 Å². The number of carbonyl (C=O) groups excluding carboxylic acids is 3. The summed E-state index contributed by atoms with van der Waals surface area (Å²) in [6.07, 6.45) is 0.918. The van der Waals surface area contributed by atoms with Gasteiger partial charge in [-0.05, 0) is 79.7 Å². The average molecular weight is 491 g/mol. The maximum atomic E-state index is 12.3. The highest BCUT2D eigenvalue weighted by atomic mass is 32.1. The van der Waals surface area contributed by atoms with Crippen molar-refractivity contribution in [2.24, 2.45) is 0 Å². The topological polar surface area (TPSA) is 109 Å². The molecule has 0 saturated heterocycles. The number of amides is 3. The van der Waals surface area contributed by atoms with Gasteiger partial charge in [0.25, 0.3) is 17.7 Å². The number of hydrogen-bond acceptors (Lipinski definition) is 5. The number of ether oxygens (including phenoxy) is 1. The molecule has 0 aliphatic rings. The predicted molar refractivity (Wildman–Crippen MR) is 138 cm³/mol. The normalized spacial score (nSPS) is 10.1. The molecule has 0 heterocycles. The van der Waals surface area contributed by atoms with Gasteiger partial charge in [-0.3, -0.25) is 30.6 Å². The van der Waals surface area contributed by atoms with Crippen LogP contribution in [0.2, 0.25) is 0 Å². The summed E-state index contributed by atoms with van der Waals surface area (Å²) in [4.78, 5) is 36.7. The number of hydrogen-bond donors (Lipinski definition) is 4. The van der Waals surface area contributed by atoms with Crippen LogP contribution < -0.4 is 26.2 Å². The van der Waals surface area contributed by atoms with Gasteiger partial charge in [0.1, 0.15) is 5.75 Å². The van der Waals surface area contributed by atoms with Gasteiger partial charge in [0.2, 0.25) is 0 Å². The van der Waals surface area contributed by atoms with E-state index in [1.165, 1.54) is 5.56 Å². The molecule has 3 amide bonds. The first-order valence-electron chi connectivity index (χ1n) is 10.9. The van der Waals surface area contributed by atoms with Crippen molar-refractivity contribution in [3.63, 3.8) is 0 Å². The zero-order valence-corrected chi connectivity index (χ0v) is 20.2. The van der Waals surface area contributed by atoms with Crippen LogP contribution in [0.15, 0.2) is 72.8 Å². The second-order valence-electron chi connectivity index (χ2n) is 7.64. The Bertz CT molecular complexity index is 1210. The van der Waals surface area contributed by atoms with E-state index in [2.05, 4.69) is 28.4 Å². The van der Waals surface area contributed by atoms with Crippen molar-refractivity contribution in [1.82, 2.24) is 16.2 Å². The minimum absolute atomic E-state index is 0.0738. The van der Waals surface area contributed by atoms with Crippen molar-refractivity contribution in [3.05, 3.63) is 95.1 Å². The smallest absolute Gasteiger partial charge is 0.269 e. The highest BCUT2D eigenvalue weighted by molar-refractivity contribution is 7.80. The van der Waals surface area contributed by atoms with E-state index in [1.807, 2.05) is 31.2 Å². The maximum Gasteiger partial charge on any atom is 0.269 e. The zero-order chi connectivity index (χ0) is 25.2. The van der Waals surface area contributed by atoms with Crippen molar-refractivity contribution in [1.29, 1.82) is 0 Å². The Kier molecular flexibility index (Phi) is 8.91. The molecule has 8 nitrogen and oxygen atoms in total. The minimum atomic E-state index is -0.468. The number of rotatable bonds is 7. The number of carbonyl (C=O) groups is 3. The van der Waals surface area contributed by atoms with Crippen LogP contribution >= 0.6 is 12.2 Å². The first-order valence-corrected chi connectivity index (χ1v) is 11.3. The van der Waals surface area contributed by atoms with Crippen LogP contribution in [0.25, 0.3) is 0 Å². The van der Waals surface area contributed by atoms with E-state index in [1.54, 1.807) is 48.5 Å². The van der Waals surface area contributed by atoms with E-state index in [9.17, 15) is 14.4 Å². The Morgan fingerprint density at radius 1 is 0.857 bits per heavy atom. The van der Waals surface area contributed by atoms with Crippen LogP contribution in [-0.4, -0.2) is 29.4 Å². The standard InChI is InChI=1S/C26H26N4O4S/c1-3-18-7-13-22(14-8-18)34-16-23(31)28-26(35)30-29-25(33)19-9-11-21(12-10-19)27-24(32)20-6-4-5-17(2)15-20/h4-15H,3,16H2,1-2H3,(H,27,32)(H,29,33)(H2,28,30,31,35). The fourth-order valence-corrected chi connectivity index (χ4v) is 3.21. The summed E-state index contributed by atoms with van der Waals surface area (Å²) in [5.41, 5.74) is 8.47. The van der Waals surface area contributed by atoms with Crippen LogP contribution in [0.3, 0.4) is 0 Å². The van der Waals surface area contributed by atoms with E-state index < -0.39 is 11.8 Å². The molecule has 0 unspecified atom stereocenters.